The highest BCUT2D eigenvalue weighted by molar-refractivity contribution is 5.83. The van der Waals surface area contributed by atoms with Crippen molar-refractivity contribution >= 4 is 11.9 Å². The molecule has 0 aliphatic carbocycles. The van der Waals surface area contributed by atoms with Gasteiger partial charge >= 0.3 is 5.97 Å². The second-order valence-corrected chi connectivity index (χ2v) is 5.27. The Balaban J connectivity index is 2.47. The van der Waals surface area contributed by atoms with Crippen LogP contribution >= 0.6 is 0 Å². The number of likely N-dealkylation sites (tertiary alicyclic amines) is 1. The zero-order valence-corrected chi connectivity index (χ0v) is 12.3. The van der Waals surface area contributed by atoms with Crippen LogP contribution in [0.4, 0.5) is 0 Å². The molecule has 0 aromatic heterocycles. The third-order valence-electron chi connectivity index (χ3n) is 3.59. The molecule has 0 saturated carbocycles. The van der Waals surface area contributed by atoms with Crippen LogP contribution in [0.2, 0.25) is 0 Å². The molecular weight excluding hydrogens is 246 g/mol. The van der Waals surface area contributed by atoms with Crippen molar-refractivity contribution in [3.05, 3.63) is 0 Å². The summed E-state index contributed by atoms with van der Waals surface area (Å²) in [6.45, 7) is 3.81. The van der Waals surface area contributed by atoms with Gasteiger partial charge in [-0.15, -0.1) is 0 Å². The Morgan fingerprint density at radius 3 is 2.37 bits per heavy atom. The number of esters is 1. The summed E-state index contributed by atoms with van der Waals surface area (Å²) in [7, 11) is 5.53. The second kappa shape index (κ2) is 7.45. The van der Waals surface area contributed by atoms with Crippen molar-refractivity contribution in [1.29, 1.82) is 0 Å². The number of hydrogen-bond acceptors (Lipinski definition) is 5. The lowest BCUT2D eigenvalue weighted by atomic mass is 10.0. The number of amides is 1. The highest BCUT2D eigenvalue weighted by atomic mass is 16.5. The molecule has 1 rings (SSSR count). The van der Waals surface area contributed by atoms with E-state index in [0.717, 1.165) is 25.9 Å². The minimum Gasteiger partial charge on any atom is -0.467 e. The molecule has 1 saturated heterocycles. The van der Waals surface area contributed by atoms with Crippen molar-refractivity contribution in [1.82, 2.24) is 15.1 Å². The fourth-order valence-corrected chi connectivity index (χ4v) is 2.44. The average molecular weight is 271 g/mol. The lowest BCUT2D eigenvalue weighted by molar-refractivity contribution is -0.145. The van der Waals surface area contributed by atoms with Crippen molar-refractivity contribution in [3.8, 4) is 0 Å². The number of ether oxygens (including phenoxy) is 1. The van der Waals surface area contributed by atoms with Gasteiger partial charge in [0.1, 0.15) is 6.04 Å². The molecule has 0 aromatic carbocycles. The van der Waals surface area contributed by atoms with Crippen LogP contribution in [0.3, 0.4) is 0 Å². The van der Waals surface area contributed by atoms with Gasteiger partial charge in [0.2, 0.25) is 5.91 Å². The first kappa shape index (κ1) is 15.9. The van der Waals surface area contributed by atoms with E-state index >= 15 is 0 Å². The van der Waals surface area contributed by atoms with E-state index in [-0.39, 0.29) is 11.9 Å². The Hall–Kier alpha value is -1.14. The molecular formula is C13H25N3O3. The van der Waals surface area contributed by atoms with Crippen LogP contribution in [0, 0.1) is 0 Å². The van der Waals surface area contributed by atoms with Crippen LogP contribution in [0.15, 0.2) is 0 Å². The SMILES string of the molecule is COC(=O)C(CN1CCC(N(C)C)CC1)NC(C)=O. The molecule has 1 N–H and O–H groups in total. The smallest absolute Gasteiger partial charge is 0.329 e. The van der Waals surface area contributed by atoms with Gasteiger partial charge in [-0.3, -0.25) is 4.79 Å². The van der Waals surface area contributed by atoms with E-state index in [9.17, 15) is 9.59 Å². The van der Waals surface area contributed by atoms with Gasteiger partial charge in [-0.05, 0) is 40.0 Å². The molecule has 0 bridgehead atoms. The van der Waals surface area contributed by atoms with Crippen LogP contribution in [0.25, 0.3) is 0 Å². The van der Waals surface area contributed by atoms with Gasteiger partial charge in [0.25, 0.3) is 0 Å². The van der Waals surface area contributed by atoms with Crippen molar-refractivity contribution < 1.29 is 14.3 Å². The van der Waals surface area contributed by atoms with E-state index < -0.39 is 6.04 Å². The van der Waals surface area contributed by atoms with Crippen molar-refractivity contribution in [2.75, 3.05) is 40.8 Å². The molecule has 19 heavy (non-hydrogen) atoms. The fourth-order valence-electron chi connectivity index (χ4n) is 2.44. The summed E-state index contributed by atoms with van der Waals surface area (Å²) in [5.41, 5.74) is 0. The van der Waals surface area contributed by atoms with Crippen molar-refractivity contribution in [2.24, 2.45) is 0 Å². The maximum absolute atomic E-state index is 11.6. The molecule has 0 aromatic rings. The molecule has 1 fully saturated rings. The third-order valence-corrected chi connectivity index (χ3v) is 3.59. The van der Waals surface area contributed by atoms with Crippen LogP contribution in [-0.2, 0) is 14.3 Å². The average Bonchev–Trinajstić information content (AvgIpc) is 2.37. The largest absolute Gasteiger partial charge is 0.467 e. The summed E-state index contributed by atoms with van der Waals surface area (Å²) >= 11 is 0. The van der Waals surface area contributed by atoms with Gasteiger partial charge in [-0.25, -0.2) is 4.79 Å². The van der Waals surface area contributed by atoms with Crippen LogP contribution in [0.5, 0.6) is 0 Å². The first-order valence-electron chi connectivity index (χ1n) is 6.67. The lowest BCUT2D eigenvalue weighted by Gasteiger charge is -2.36. The molecule has 1 aliphatic rings. The van der Waals surface area contributed by atoms with Gasteiger partial charge in [0.15, 0.2) is 0 Å². The maximum Gasteiger partial charge on any atom is 0.329 e. The van der Waals surface area contributed by atoms with Gasteiger partial charge in [-0.1, -0.05) is 0 Å². The number of piperidine rings is 1. The summed E-state index contributed by atoms with van der Waals surface area (Å²) in [4.78, 5) is 27.2. The van der Waals surface area contributed by atoms with E-state index in [1.807, 2.05) is 0 Å². The summed E-state index contributed by atoms with van der Waals surface area (Å²) in [5, 5.41) is 2.65. The molecule has 1 heterocycles. The van der Waals surface area contributed by atoms with Gasteiger partial charge in [0, 0.05) is 19.5 Å². The van der Waals surface area contributed by atoms with E-state index in [2.05, 4.69) is 29.2 Å². The fraction of sp³-hybridized carbons (Fsp3) is 0.846. The normalized spacial score (nSPS) is 19.2. The van der Waals surface area contributed by atoms with Gasteiger partial charge < -0.3 is 19.9 Å². The van der Waals surface area contributed by atoms with Gasteiger partial charge in [-0.2, -0.15) is 0 Å². The second-order valence-electron chi connectivity index (χ2n) is 5.27. The topological polar surface area (TPSA) is 61.9 Å². The third kappa shape index (κ3) is 5.16. The Morgan fingerprint density at radius 2 is 1.95 bits per heavy atom. The molecule has 1 atom stereocenters. The zero-order chi connectivity index (χ0) is 14.4. The van der Waals surface area contributed by atoms with Crippen molar-refractivity contribution in [3.63, 3.8) is 0 Å². The van der Waals surface area contributed by atoms with Crippen LogP contribution in [0.1, 0.15) is 19.8 Å². The van der Waals surface area contributed by atoms with E-state index in [0.29, 0.717) is 12.6 Å². The zero-order valence-electron chi connectivity index (χ0n) is 12.3. The molecule has 6 nitrogen and oxygen atoms in total. The number of nitrogens with one attached hydrogen (secondary N) is 1. The summed E-state index contributed by atoms with van der Waals surface area (Å²) in [6, 6.07) is 0.0343. The molecule has 6 heteroatoms. The first-order chi connectivity index (χ1) is 8.93. The summed E-state index contributed by atoms with van der Waals surface area (Å²) < 4.78 is 4.73. The summed E-state index contributed by atoms with van der Waals surface area (Å²) in [5.74, 6) is -0.594. The lowest BCUT2D eigenvalue weighted by Crippen LogP contribution is -2.51. The predicted molar refractivity (Wildman–Crippen MR) is 72.8 cm³/mol. The van der Waals surface area contributed by atoms with E-state index in [4.69, 9.17) is 4.74 Å². The maximum atomic E-state index is 11.6. The van der Waals surface area contributed by atoms with Crippen LogP contribution < -0.4 is 5.32 Å². The van der Waals surface area contributed by atoms with Gasteiger partial charge in [0.05, 0.1) is 7.11 Å². The quantitative estimate of drug-likeness (QED) is 0.695. The molecule has 1 amide bonds. The number of carbonyl (C=O) groups is 2. The highest BCUT2D eigenvalue weighted by Gasteiger charge is 2.26. The standard InChI is InChI=1S/C13H25N3O3/c1-10(17)14-12(13(18)19-4)9-16-7-5-11(6-8-16)15(2)3/h11-12H,5-9H2,1-4H3,(H,14,17). The minimum atomic E-state index is -0.571. The van der Waals surface area contributed by atoms with E-state index in [1.54, 1.807) is 0 Å². The Labute approximate surface area is 115 Å². The Bertz CT molecular complexity index is 312. The molecule has 1 unspecified atom stereocenters. The minimum absolute atomic E-state index is 0.210. The molecule has 0 spiro atoms. The number of carbonyl (C=O) groups excluding carboxylic acids is 2. The Kier molecular flexibility index (Phi) is 6.24. The monoisotopic (exact) mass is 271 g/mol. The van der Waals surface area contributed by atoms with Crippen molar-refractivity contribution in [2.45, 2.75) is 31.8 Å². The van der Waals surface area contributed by atoms with E-state index in [1.165, 1.54) is 14.0 Å². The first-order valence-corrected chi connectivity index (χ1v) is 6.67. The molecule has 1 aliphatic heterocycles. The van der Waals surface area contributed by atoms with Crippen LogP contribution in [-0.4, -0.2) is 74.6 Å². The molecule has 0 radical (unpaired) electrons. The predicted octanol–water partition coefficient (Wildman–Crippen LogP) is -0.310. The number of rotatable bonds is 5. The number of hydrogen-bond donors (Lipinski definition) is 1. The molecule has 110 valence electrons. The number of methoxy groups -OCH3 is 1. The number of nitrogens with zero attached hydrogens (tertiary/aromatic N) is 2. The Morgan fingerprint density at radius 1 is 1.37 bits per heavy atom. The summed E-state index contributed by atoms with van der Waals surface area (Å²) in [6.07, 6.45) is 2.17. The highest BCUT2D eigenvalue weighted by Crippen LogP contribution is 2.14.